The van der Waals surface area contributed by atoms with Gasteiger partial charge in [0.1, 0.15) is 40.3 Å². The molecule has 3 saturated heterocycles. The molecular weight excluding hydrogens is 451 g/mol. The fourth-order valence-electron chi connectivity index (χ4n) is 5.29. The van der Waals surface area contributed by atoms with Crippen LogP contribution in [0.4, 0.5) is 10.2 Å². The Bertz CT molecular complexity index is 1100. The summed E-state index contributed by atoms with van der Waals surface area (Å²) in [7, 11) is 0. The van der Waals surface area contributed by atoms with Crippen LogP contribution in [0, 0.1) is 5.82 Å². The van der Waals surface area contributed by atoms with E-state index in [1.54, 1.807) is 4.90 Å². The number of carbonyl (C=O) groups is 1. The van der Waals surface area contributed by atoms with Crippen LogP contribution in [0.15, 0.2) is 18.2 Å². The number of amides is 1. The van der Waals surface area contributed by atoms with Crippen LogP contribution in [0.1, 0.15) is 23.2 Å². The van der Waals surface area contributed by atoms with Crippen LogP contribution in [0.3, 0.4) is 0 Å². The molecule has 0 saturated carbocycles. The number of halogens is 2. The predicted molar refractivity (Wildman–Crippen MR) is 120 cm³/mol. The number of phenolic OH excluding ortho intramolecular Hbond substituents is 1. The van der Waals surface area contributed by atoms with Crippen molar-refractivity contribution in [1.82, 2.24) is 15.2 Å². The summed E-state index contributed by atoms with van der Waals surface area (Å²) in [6.07, 6.45) is 2.00. The van der Waals surface area contributed by atoms with Crippen molar-refractivity contribution in [3.63, 3.8) is 0 Å². The van der Waals surface area contributed by atoms with Gasteiger partial charge in [-0.1, -0.05) is 17.7 Å². The van der Waals surface area contributed by atoms with Gasteiger partial charge in [-0.15, -0.1) is 0 Å². The molecule has 1 aromatic carbocycles. The highest BCUT2D eigenvalue weighted by atomic mass is 35.5. The van der Waals surface area contributed by atoms with Gasteiger partial charge in [0.05, 0.1) is 23.8 Å². The van der Waals surface area contributed by atoms with Gasteiger partial charge in [-0.2, -0.15) is 0 Å². The molecular formula is C23H24ClFN4O4. The van der Waals surface area contributed by atoms with Gasteiger partial charge in [0.25, 0.3) is 5.91 Å². The van der Waals surface area contributed by atoms with Gasteiger partial charge < -0.3 is 29.7 Å². The lowest BCUT2D eigenvalue weighted by Crippen LogP contribution is -2.55. The van der Waals surface area contributed by atoms with Crippen LogP contribution in [0.2, 0.25) is 5.02 Å². The third kappa shape index (κ3) is 3.41. The van der Waals surface area contributed by atoms with E-state index in [2.05, 4.69) is 5.32 Å². The summed E-state index contributed by atoms with van der Waals surface area (Å²) >= 11 is 6.73. The van der Waals surface area contributed by atoms with E-state index in [-0.39, 0.29) is 58.5 Å². The fourth-order valence-corrected chi connectivity index (χ4v) is 5.57. The van der Waals surface area contributed by atoms with E-state index in [1.807, 2.05) is 4.90 Å². The van der Waals surface area contributed by atoms with Gasteiger partial charge in [-0.3, -0.25) is 4.79 Å². The Morgan fingerprint density at radius 2 is 2.00 bits per heavy atom. The summed E-state index contributed by atoms with van der Waals surface area (Å²) in [5.74, 6) is -0.534. The van der Waals surface area contributed by atoms with E-state index in [0.717, 1.165) is 12.8 Å². The van der Waals surface area contributed by atoms with E-state index in [9.17, 15) is 14.3 Å². The van der Waals surface area contributed by atoms with Crippen molar-refractivity contribution in [1.29, 1.82) is 0 Å². The van der Waals surface area contributed by atoms with Gasteiger partial charge in [0, 0.05) is 32.7 Å². The third-order valence-electron chi connectivity index (χ3n) is 6.89. The quantitative estimate of drug-likeness (QED) is 0.691. The number of benzene rings is 1. The molecule has 10 heteroatoms. The number of pyridine rings is 1. The Hall–Kier alpha value is -2.62. The number of aromatic hydroxyl groups is 1. The second-order valence-electron chi connectivity index (χ2n) is 8.97. The summed E-state index contributed by atoms with van der Waals surface area (Å²) in [5, 5.41) is 13.8. The van der Waals surface area contributed by atoms with E-state index >= 15 is 0 Å². The second-order valence-corrected chi connectivity index (χ2v) is 9.34. The maximum atomic E-state index is 14.8. The molecule has 6 rings (SSSR count). The Morgan fingerprint density at radius 1 is 1.21 bits per heavy atom. The number of morpholine rings is 1. The molecule has 0 aliphatic carbocycles. The Morgan fingerprint density at radius 3 is 2.76 bits per heavy atom. The molecule has 0 radical (unpaired) electrons. The molecule has 0 spiro atoms. The number of nitrogens with one attached hydrogen (secondary N) is 1. The number of aromatic nitrogens is 1. The Balaban J connectivity index is 1.56. The van der Waals surface area contributed by atoms with Crippen LogP contribution in [0.5, 0.6) is 11.5 Å². The number of rotatable bonds is 2. The monoisotopic (exact) mass is 474 g/mol. The number of anilines is 1. The number of hydrogen-bond donors (Lipinski definition) is 2. The molecule has 3 atom stereocenters. The average Bonchev–Trinajstić information content (AvgIpc) is 3.07. The van der Waals surface area contributed by atoms with Crippen molar-refractivity contribution in [3.8, 4) is 22.8 Å². The summed E-state index contributed by atoms with van der Waals surface area (Å²) in [6, 6.07) is 3.89. The summed E-state index contributed by atoms with van der Waals surface area (Å²) < 4.78 is 26.9. The smallest absolute Gasteiger partial charge is 0.261 e. The second kappa shape index (κ2) is 8.00. The highest BCUT2D eigenvalue weighted by Crippen LogP contribution is 2.46. The minimum Gasteiger partial charge on any atom is -0.507 e. The Kier molecular flexibility index (Phi) is 5.08. The maximum absolute atomic E-state index is 14.8. The number of nitrogens with zero attached hydrogens (tertiary/aromatic N) is 3. The van der Waals surface area contributed by atoms with Gasteiger partial charge in [0.2, 0.25) is 0 Å². The molecule has 2 aromatic rings. The van der Waals surface area contributed by atoms with Crippen molar-refractivity contribution in [2.75, 3.05) is 44.2 Å². The molecule has 3 fully saturated rings. The van der Waals surface area contributed by atoms with Crippen LogP contribution in [-0.2, 0) is 4.74 Å². The first-order valence-corrected chi connectivity index (χ1v) is 11.6. The van der Waals surface area contributed by atoms with Crippen LogP contribution in [-0.4, -0.2) is 78.5 Å². The Labute approximate surface area is 195 Å². The largest absolute Gasteiger partial charge is 0.507 e. The van der Waals surface area contributed by atoms with Crippen LogP contribution in [0.25, 0.3) is 11.3 Å². The van der Waals surface area contributed by atoms with Crippen molar-refractivity contribution in [2.45, 2.75) is 31.1 Å². The molecule has 8 nitrogen and oxygen atoms in total. The van der Waals surface area contributed by atoms with Crippen molar-refractivity contribution in [3.05, 3.63) is 34.6 Å². The highest BCUT2D eigenvalue weighted by molar-refractivity contribution is 6.35. The molecule has 2 unspecified atom stereocenters. The van der Waals surface area contributed by atoms with Gasteiger partial charge in [-0.05, 0) is 25.0 Å². The topological polar surface area (TPSA) is 87.2 Å². The predicted octanol–water partition coefficient (Wildman–Crippen LogP) is 2.42. The van der Waals surface area contributed by atoms with E-state index < -0.39 is 5.82 Å². The summed E-state index contributed by atoms with van der Waals surface area (Å²) in [4.78, 5) is 22.3. The number of ether oxygens (including phenoxy) is 2. The first-order valence-electron chi connectivity index (χ1n) is 11.3. The minimum atomic E-state index is -0.654. The number of piperazine rings is 1. The number of carbonyl (C=O) groups excluding carboxylic acids is 1. The third-order valence-corrected chi connectivity index (χ3v) is 7.24. The first-order chi connectivity index (χ1) is 16.0. The zero-order valence-corrected chi connectivity index (χ0v) is 18.6. The van der Waals surface area contributed by atoms with Crippen molar-refractivity contribution < 1.29 is 23.8 Å². The molecule has 33 heavy (non-hydrogen) atoms. The van der Waals surface area contributed by atoms with Crippen LogP contribution < -0.4 is 15.0 Å². The molecule has 2 N–H and O–H groups in total. The van der Waals surface area contributed by atoms with E-state index in [1.165, 1.54) is 18.2 Å². The molecule has 1 amide bonds. The van der Waals surface area contributed by atoms with E-state index in [0.29, 0.717) is 44.1 Å². The number of phenols is 1. The lowest BCUT2D eigenvalue weighted by atomic mass is 10.0. The van der Waals surface area contributed by atoms with Gasteiger partial charge >= 0.3 is 0 Å². The highest BCUT2D eigenvalue weighted by Gasteiger charge is 2.41. The molecule has 1 aromatic heterocycles. The molecule has 174 valence electrons. The SMILES string of the molecule is O=C1c2c(N3CC4CCC(C3)O4)nc(-c3c(O)cccc3F)c(Cl)c2OC[C@H]2CNCCN12. The average molecular weight is 475 g/mol. The minimum absolute atomic E-state index is 0.0199. The molecule has 2 bridgehead atoms. The van der Waals surface area contributed by atoms with Crippen molar-refractivity contribution in [2.24, 2.45) is 0 Å². The number of fused-ring (bicyclic) bond motifs is 4. The standard InChI is InChI=1S/C23H24ClFN4O4/c24-19-20(17-15(25)2-1-3-16(17)30)27-22(28-9-13-4-5-14(10-28)33-13)18-21(19)32-11-12-8-26-6-7-29(12)23(18)31/h1-3,12-14,26,30H,4-11H2/t12-,13?,14?/m1/s1. The normalized spacial score (nSPS) is 26.5. The zero-order valence-electron chi connectivity index (χ0n) is 17.9. The van der Waals surface area contributed by atoms with Gasteiger partial charge in [-0.25, -0.2) is 9.37 Å². The van der Waals surface area contributed by atoms with Gasteiger partial charge in [0.15, 0.2) is 5.75 Å². The molecule has 5 heterocycles. The van der Waals surface area contributed by atoms with Crippen LogP contribution >= 0.6 is 11.6 Å². The summed E-state index contributed by atoms with van der Waals surface area (Å²) in [6.45, 7) is 3.25. The lowest BCUT2D eigenvalue weighted by molar-refractivity contribution is 0.0300. The summed E-state index contributed by atoms with van der Waals surface area (Å²) in [5.41, 5.74) is 0.249. The molecule has 4 aliphatic rings. The van der Waals surface area contributed by atoms with Crippen molar-refractivity contribution >= 4 is 23.3 Å². The van der Waals surface area contributed by atoms with E-state index in [4.69, 9.17) is 26.1 Å². The maximum Gasteiger partial charge on any atom is 0.261 e. The number of hydrogen-bond acceptors (Lipinski definition) is 7. The zero-order chi connectivity index (χ0) is 22.7. The lowest BCUT2D eigenvalue weighted by Gasteiger charge is -2.36. The fraction of sp³-hybridized carbons (Fsp3) is 0.478. The molecule has 4 aliphatic heterocycles. The first kappa shape index (κ1) is 20.9.